The Kier molecular flexibility index (Phi) is 3.31. The molecule has 1 aromatic rings. The molecule has 0 aliphatic heterocycles. The maximum absolute atomic E-state index is 12.4. The Labute approximate surface area is 76.2 Å². The van der Waals surface area contributed by atoms with Crippen molar-refractivity contribution in [2.75, 3.05) is 14.1 Å². The van der Waals surface area contributed by atoms with Crippen LogP contribution in [-0.4, -0.2) is 24.0 Å². The van der Waals surface area contributed by atoms with Crippen LogP contribution in [0.4, 0.5) is 8.78 Å². The Hall–Kier alpha value is -1.03. The van der Waals surface area contributed by atoms with E-state index in [0.29, 0.717) is 12.1 Å². The van der Waals surface area contributed by atoms with Crippen LogP contribution < -0.4 is 0 Å². The largest absolute Gasteiger partial charge is 0.305 e. The first-order valence-electron chi connectivity index (χ1n) is 3.97. The molecule has 0 spiro atoms. The van der Waals surface area contributed by atoms with Crippen LogP contribution in [0.2, 0.25) is 0 Å². The first kappa shape index (κ1) is 10.1. The Balaban J connectivity index is 2.91. The number of nitrogens with zero attached hydrogens (tertiary/aromatic N) is 2. The Morgan fingerprint density at radius 3 is 2.69 bits per heavy atom. The van der Waals surface area contributed by atoms with Crippen molar-refractivity contribution in [2.45, 2.75) is 13.0 Å². The van der Waals surface area contributed by atoms with Crippen LogP contribution in [0.15, 0.2) is 18.5 Å². The van der Waals surface area contributed by atoms with Crippen molar-refractivity contribution in [1.82, 2.24) is 9.88 Å². The van der Waals surface area contributed by atoms with Crippen LogP contribution in [0.1, 0.15) is 17.6 Å². The van der Waals surface area contributed by atoms with Gasteiger partial charge in [-0.25, -0.2) is 8.78 Å². The van der Waals surface area contributed by atoms with Gasteiger partial charge in [-0.15, -0.1) is 0 Å². The second kappa shape index (κ2) is 4.28. The van der Waals surface area contributed by atoms with Crippen molar-refractivity contribution in [3.05, 3.63) is 29.6 Å². The van der Waals surface area contributed by atoms with Gasteiger partial charge in [0, 0.05) is 24.5 Å². The van der Waals surface area contributed by atoms with Crippen LogP contribution >= 0.6 is 0 Å². The monoisotopic (exact) mass is 186 g/mol. The van der Waals surface area contributed by atoms with Gasteiger partial charge in [-0.1, -0.05) is 0 Å². The molecular weight excluding hydrogens is 174 g/mol. The van der Waals surface area contributed by atoms with E-state index in [1.807, 2.05) is 19.0 Å². The Bertz CT molecular complexity index is 274. The fourth-order valence-corrected chi connectivity index (χ4v) is 1.12. The highest BCUT2D eigenvalue weighted by atomic mass is 19.3. The second-order valence-electron chi connectivity index (χ2n) is 3.11. The molecule has 0 unspecified atom stereocenters. The Morgan fingerprint density at radius 1 is 1.46 bits per heavy atom. The first-order chi connectivity index (χ1) is 6.11. The predicted molar refractivity (Wildman–Crippen MR) is 46.6 cm³/mol. The summed E-state index contributed by atoms with van der Waals surface area (Å²) in [5, 5.41) is 0. The van der Waals surface area contributed by atoms with E-state index in [1.54, 1.807) is 0 Å². The van der Waals surface area contributed by atoms with Crippen LogP contribution in [0.5, 0.6) is 0 Å². The van der Waals surface area contributed by atoms with Gasteiger partial charge in [0.2, 0.25) is 0 Å². The highest BCUT2D eigenvalue weighted by Crippen LogP contribution is 2.22. The summed E-state index contributed by atoms with van der Waals surface area (Å²) < 4.78 is 24.9. The SMILES string of the molecule is CN(C)Cc1cnccc1C(F)F. The summed E-state index contributed by atoms with van der Waals surface area (Å²) in [5.41, 5.74) is 0.659. The number of pyridine rings is 1. The quantitative estimate of drug-likeness (QED) is 0.718. The van der Waals surface area contributed by atoms with Crippen molar-refractivity contribution in [2.24, 2.45) is 0 Å². The van der Waals surface area contributed by atoms with Gasteiger partial charge in [-0.3, -0.25) is 4.98 Å². The van der Waals surface area contributed by atoms with Gasteiger partial charge in [0.15, 0.2) is 0 Å². The molecule has 4 heteroatoms. The van der Waals surface area contributed by atoms with Crippen molar-refractivity contribution < 1.29 is 8.78 Å². The number of rotatable bonds is 3. The normalized spacial score (nSPS) is 11.2. The summed E-state index contributed by atoms with van der Waals surface area (Å²) in [7, 11) is 3.67. The van der Waals surface area contributed by atoms with E-state index in [4.69, 9.17) is 0 Å². The van der Waals surface area contributed by atoms with E-state index in [9.17, 15) is 8.78 Å². The average molecular weight is 186 g/mol. The molecule has 0 aromatic carbocycles. The third kappa shape index (κ3) is 2.73. The van der Waals surface area contributed by atoms with Gasteiger partial charge < -0.3 is 4.90 Å². The number of aromatic nitrogens is 1. The average Bonchev–Trinajstić information content (AvgIpc) is 2.03. The predicted octanol–water partition coefficient (Wildman–Crippen LogP) is 2.08. The minimum Gasteiger partial charge on any atom is -0.305 e. The summed E-state index contributed by atoms with van der Waals surface area (Å²) in [6.45, 7) is 0.494. The number of hydrogen-bond donors (Lipinski definition) is 0. The fraction of sp³-hybridized carbons (Fsp3) is 0.444. The molecule has 2 nitrogen and oxygen atoms in total. The zero-order chi connectivity index (χ0) is 9.84. The lowest BCUT2D eigenvalue weighted by Gasteiger charge is -2.12. The van der Waals surface area contributed by atoms with E-state index in [-0.39, 0.29) is 5.56 Å². The molecule has 0 saturated carbocycles. The van der Waals surface area contributed by atoms with Gasteiger partial charge in [-0.2, -0.15) is 0 Å². The third-order valence-electron chi connectivity index (χ3n) is 1.66. The van der Waals surface area contributed by atoms with Crippen molar-refractivity contribution in [1.29, 1.82) is 0 Å². The summed E-state index contributed by atoms with van der Waals surface area (Å²) in [4.78, 5) is 5.66. The molecule has 13 heavy (non-hydrogen) atoms. The first-order valence-corrected chi connectivity index (χ1v) is 3.97. The molecule has 0 aliphatic rings. The van der Waals surface area contributed by atoms with Gasteiger partial charge in [-0.05, 0) is 25.7 Å². The number of alkyl halides is 2. The van der Waals surface area contributed by atoms with Gasteiger partial charge in [0.1, 0.15) is 0 Å². The summed E-state index contributed by atoms with van der Waals surface area (Å²) in [5.74, 6) is 0. The molecule has 0 N–H and O–H groups in total. The van der Waals surface area contributed by atoms with E-state index in [1.165, 1.54) is 18.5 Å². The maximum Gasteiger partial charge on any atom is 0.264 e. The molecule has 1 aromatic heterocycles. The number of halogens is 2. The lowest BCUT2D eigenvalue weighted by molar-refractivity contribution is 0.149. The van der Waals surface area contributed by atoms with E-state index in [2.05, 4.69) is 4.98 Å². The molecule has 1 rings (SSSR count). The molecular formula is C9H12F2N2. The topological polar surface area (TPSA) is 16.1 Å². The molecule has 0 radical (unpaired) electrons. The van der Waals surface area contributed by atoms with Gasteiger partial charge in [0.25, 0.3) is 6.43 Å². The lowest BCUT2D eigenvalue weighted by Crippen LogP contribution is -2.12. The fourth-order valence-electron chi connectivity index (χ4n) is 1.12. The van der Waals surface area contributed by atoms with Crippen molar-refractivity contribution >= 4 is 0 Å². The van der Waals surface area contributed by atoms with E-state index < -0.39 is 6.43 Å². The van der Waals surface area contributed by atoms with Gasteiger partial charge >= 0.3 is 0 Å². The van der Waals surface area contributed by atoms with Crippen LogP contribution in [0, 0.1) is 0 Å². The van der Waals surface area contributed by atoms with Crippen molar-refractivity contribution in [3.8, 4) is 0 Å². The lowest BCUT2D eigenvalue weighted by atomic mass is 10.1. The molecule has 0 saturated heterocycles. The maximum atomic E-state index is 12.4. The van der Waals surface area contributed by atoms with Crippen LogP contribution in [-0.2, 0) is 6.54 Å². The molecule has 0 amide bonds. The molecule has 72 valence electrons. The van der Waals surface area contributed by atoms with Crippen LogP contribution in [0.3, 0.4) is 0 Å². The smallest absolute Gasteiger partial charge is 0.264 e. The Morgan fingerprint density at radius 2 is 2.15 bits per heavy atom. The molecule has 0 aliphatic carbocycles. The van der Waals surface area contributed by atoms with E-state index in [0.717, 1.165) is 0 Å². The minimum absolute atomic E-state index is 0.0729. The number of hydrogen-bond acceptors (Lipinski definition) is 2. The standard InChI is InChI=1S/C9H12F2N2/c1-13(2)6-7-5-12-4-3-8(7)9(10)11/h3-5,9H,6H2,1-2H3. The molecule has 1 heterocycles. The molecule has 0 atom stereocenters. The minimum atomic E-state index is -2.42. The summed E-state index contributed by atoms with van der Waals surface area (Å²) in [6.07, 6.45) is 0.459. The third-order valence-corrected chi connectivity index (χ3v) is 1.66. The zero-order valence-electron chi connectivity index (χ0n) is 7.67. The van der Waals surface area contributed by atoms with Crippen molar-refractivity contribution in [3.63, 3.8) is 0 Å². The zero-order valence-corrected chi connectivity index (χ0v) is 7.67. The van der Waals surface area contributed by atoms with Gasteiger partial charge in [0.05, 0.1) is 0 Å². The summed E-state index contributed by atoms with van der Waals surface area (Å²) in [6, 6.07) is 1.36. The molecule has 0 fully saturated rings. The molecule has 0 bridgehead atoms. The summed E-state index contributed by atoms with van der Waals surface area (Å²) >= 11 is 0. The highest BCUT2D eigenvalue weighted by molar-refractivity contribution is 5.24. The van der Waals surface area contributed by atoms with Crippen LogP contribution in [0.25, 0.3) is 0 Å². The highest BCUT2D eigenvalue weighted by Gasteiger charge is 2.12. The van der Waals surface area contributed by atoms with E-state index >= 15 is 0 Å². The second-order valence-corrected chi connectivity index (χ2v) is 3.11.